The second-order valence-corrected chi connectivity index (χ2v) is 0.569. The van der Waals surface area contributed by atoms with E-state index in [-0.39, 0.29) is 0 Å². The molecule has 6 heavy (non-hydrogen) atoms. The van der Waals surface area contributed by atoms with E-state index in [9.17, 15) is 0 Å². The SMILES string of the molecule is [CH2-]/C=C/C.[Zn+][Br]. The summed E-state index contributed by atoms with van der Waals surface area (Å²) in [6, 6.07) is 0. The van der Waals surface area contributed by atoms with Gasteiger partial charge in [-0.1, -0.05) is 0 Å². The number of hydrogen-bond donors (Lipinski definition) is 0. The Morgan fingerprint density at radius 3 is 1.83 bits per heavy atom. The summed E-state index contributed by atoms with van der Waals surface area (Å²) in [7, 11) is 0. The van der Waals surface area contributed by atoms with E-state index in [1.54, 1.807) is 6.08 Å². The number of halogens is 1. The van der Waals surface area contributed by atoms with E-state index in [0.717, 1.165) is 0 Å². The van der Waals surface area contributed by atoms with Gasteiger partial charge in [-0.3, -0.25) is 0 Å². The zero-order chi connectivity index (χ0) is 5.41. The van der Waals surface area contributed by atoms with Crippen molar-refractivity contribution in [1.29, 1.82) is 0 Å². The molecule has 32 valence electrons. The van der Waals surface area contributed by atoms with Crippen LogP contribution >= 0.6 is 13.6 Å². The Morgan fingerprint density at radius 2 is 1.83 bits per heavy atom. The van der Waals surface area contributed by atoms with Crippen LogP contribution < -0.4 is 0 Å². The normalized spacial score (nSPS) is 7.33. The third-order valence-corrected chi connectivity index (χ3v) is 0.236. The molecular weight excluding hydrogens is 193 g/mol. The van der Waals surface area contributed by atoms with Crippen LogP contribution in [0, 0.1) is 6.92 Å². The third kappa shape index (κ3) is 22.1. The van der Waals surface area contributed by atoms with Crippen LogP contribution in [-0.2, 0) is 16.3 Å². The van der Waals surface area contributed by atoms with Gasteiger partial charge >= 0.3 is 30.0 Å². The van der Waals surface area contributed by atoms with Gasteiger partial charge in [0.1, 0.15) is 0 Å². The molecule has 0 unspecified atom stereocenters. The average Bonchev–Trinajstić information content (AvgIpc) is 1.72. The standard InChI is InChI=1S/C4H7.BrH.Zn/c1-3-4-2;;/h3-4H,1H2,2H3;1H;/q-1;;+2/p-1/b4-3+;;. The minimum atomic E-state index is 1.19. The van der Waals surface area contributed by atoms with Crippen molar-refractivity contribution in [2.45, 2.75) is 6.92 Å². The van der Waals surface area contributed by atoms with Crippen molar-refractivity contribution in [1.82, 2.24) is 0 Å². The summed E-state index contributed by atoms with van der Waals surface area (Å²) in [5.41, 5.74) is 0. The van der Waals surface area contributed by atoms with Gasteiger partial charge in [0, 0.05) is 0 Å². The Morgan fingerprint density at radius 1 is 1.67 bits per heavy atom. The van der Waals surface area contributed by atoms with Crippen LogP contribution in [0.3, 0.4) is 0 Å². The number of allylic oxidation sites excluding steroid dienone is 2. The van der Waals surface area contributed by atoms with Gasteiger partial charge in [0.05, 0.1) is 0 Å². The van der Waals surface area contributed by atoms with Crippen LogP contribution in [0.4, 0.5) is 0 Å². The van der Waals surface area contributed by atoms with Crippen molar-refractivity contribution < 1.29 is 16.3 Å². The molecule has 0 aromatic carbocycles. The van der Waals surface area contributed by atoms with Crippen LogP contribution in [0.1, 0.15) is 6.92 Å². The predicted octanol–water partition coefficient (Wildman–Crippen LogP) is 2.24. The predicted molar refractivity (Wildman–Crippen MR) is 29.1 cm³/mol. The fourth-order valence-electron chi connectivity index (χ4n) is 0. The van der Waals surface area contributed by atoms with E-state index < -0.39 is 0 Å². The van der Waals surface area contributed by atoms with Crippen molar-refractivity contribution in [2.24, 2.45) is 0 Å². The molecule has 0 aliphatic rings. The van der Waals surface area contributed by atoms with E-state index in [1.165, 1.54) is 16.3 Å². The molecule has 0 bridgehead atoms. The van der Waals surface area contributed by atoms with Gasteiger partial charge in [-0.25, -0.2) is 19.1 Å². The van der Waals surface area contributed by atoms with Gasteiger partial charge in [0.25, 0.3) is 0 Å². The molecule has 0 radical (unpaired) electrons. The second kappa shape index (κ2) is 17.2. The van der Waals surface area contributed by atoms with E-state index in [0.29, 0.717) is 0 Å². The van der Waals surface area contributed by atoms with Gasteiger partial charge in [-0.2, -0.15) is 0 Å². The summed E-state index contributed by atoms with van der Waals surface area (Å²) >= 11 is 4.25. The quantitative estimate of drug-likeness (QED) is 0.415. The second-order valence-electron chi connectivity index (χ2n) is 0.569. The van der Waals surface area contributed by atoms with Gasteiger partial charge in [-0.05, 0) is 0 Å². The fourth-order valence-corrected chi connectivity index (χ4v) is 0. The maximum atomic E-state index is 3.42. The van der Waals surface area contributed by atoms with Gasteiger partial charge in [0.15, 0.2) is 0 Å². The topological polar surface area (TPSA) is 0 Å². The van der Waals surface area contributed by atoms with Crippen molar-refractivity contribution in [3.8, 4) is 0 Å². The molecule has 0 aromatic rings. The summed E-state index contributed by atoms with van der Waals surface area (Å²) in [5, 5.41) is 0. The number of hydrogen-bond acceptors (Lipinski definition) is 0. The van der Waals surface area contributed by atoms with Crippen molar-refractivity contribution in [2.75, 3.05) is 0 Å². The van der Waals surface area contributed by atoms with Crippen LogP contribution in [-0.4, -0.2) is 0 Å². The molecular formula is C4H7BrZn. The summed E-state index contributed by atoms with van der Waals surface area (Å²) in [4.78, 5) is 0. The zero-order valence-electron chi connectivity index (χ0n) is 3.95. The molecule has 2 heteroatoms. The van der Waals surface area contributed by atoms with E-state index in [4.69, 9.17) is 0 Å². The summed E-state index contributed by atoms with van der Waals surface area (Å²) in [6.45, 7) is 5.36. The van der Waals surface area contributed by atoms with E-state index in [1.807, 2.05) is 13.0 Å². The Hall–Kier alpha value is 0.713. The molecule has 0 nitrogen and oxygen atoms in total. The molecule has 0 spiro atoms. The summed E-state index contributed by atoms with van der Waals surface area (Å²) < 4.78 is 0. The first-order chi connectivity index (χ1) is 2.91. The van der Waals surface area contributed by atoms with Crippen LogP contribution in [0.25, 0.3) is 0 Å². The first kappa shape index (κ1) is 9.86. The average molecular weight is 200 g/mol. The molecule has 0 aliphatic heterocycles. The number of rotatable bonds is 0. The summed E-state index contributed by atoms with van der Waals surface area (Å²) in [5.74, 6) is 0. The minimum absolute atomic E-state index is 1.19. The first-order valence-electron chi connectivity index (χ1n) is 1.59. The Labute approximate surface area is 56.0 Å². The van der Waals surface area contributed by atoms with Crippen LogP contribution in [0.2, 0.25) is 0 Å². The molecule has 0 amide bonds. The molecule has 0 rings (SSSR count). The molecule has 0 saturated heterocycles. The van der Waals surface area contributed by atoms with Gasteiger partial charge in [-0.15, -0.1) is 6.92 Å². The Balaban J connectivity index is 0. The molecule has 0 saturated carbocycles. The third-order valence-electron chi connectivity index (χ3n) is 0.236. The van der Waals surface area contributed by atoms with Crippen molar-refractivity contribution >= 4 is 13.6 Å². The fraction of sp³-hybridized carbons (Fsp3) is 0.250. The molecule has 0 N–H and O–H groups in total. The first-order valence-corrected chi connectivity index (χ1v) is 8.53. The molecule has 0 aromatic heterocycles. The monoisotopic (exact) mass is 198 g/mol. The van der Waals surface area contributed by atoms with Crippen LogP contribution in [0.15, 0.2) is 12.2 Å². The van der Waals surface area contributed by atoms with Crippen molar-refractivity contribution in [3.63, 3.8) is 0 Å². The van der Waals surface area contributed by atoms with Crippen molar-refractivity contribution in [3.05, 3.63) is 19.1 Å². The van der Waals surface area contributed by atoms with Crippen LogP contribution in [0.5, 0.6) is 0 Å². The van der Waals surface area contributed by atoms with Gasteiger partial charge in [0.2, 0.25) is 0 Å². The molecule has 0 heterocycles. The molecule has 0 atom stereocenters. The van der Waals surface area contributed by atoms with E-state index in [2.05, 4.69) is 20.5 Å². The van der Waals surface area contributed by atoms with Gasteiger partial charge < -0.3 is 0 Å². The maximum absolute atomic E-state index is 3.42. The Kier molecular flexibility index (Phi) is 28.3. The summed E-state index contributed by atoms with van der Waals surface area (Å²) in [6.07, 6.45) is 3.64. The molecule has 0 fully saturated rings. The Bertz CT molecular complexity index is 22.7. The zero-order valence-corrected chi connectivity index (χ0v) is 8.50. The molecule has 0 aliphatic carbocycles. The van der Waals surface area contributed by atoms with E-state index >= 15 is 0 Å².